The number of pyridine rings is 1. The quantitative estimate of drug-likeness (QED) is 0.811. The van der Waals surface area contributed by atoms with E-state index in [1.165, 1.54) is 0 Å². The van der Waals surface area contributed by atoms with E-state index < -0.39 is 12.6 Å². The first-order valence-corrected chi connectivity index (χ1v) is 6.55. The minimum absolute atomic E-state index is 0.0199. The maximum Gasteiger partial charge on any atom is 0.389 e. The molecule has 0 aromatic carbocycles. The monoisotopic (exact) mass is 290 g/mol. The molecule has 0 saturated carbocycles. The van der Waals surface area contributed by atoms with Gasteiger partial charge in [0, 0.05) is 30.8 Å². The van der Waals surface area contributed by atoms with Gasteiger partial charge in [-0.05, 0) is 32.8 Å². The lowest BCUT2D eigenvalue weighted by atomic mass is 10.1. The molecule has 1 aromatic rings. The lowest BCUT2D eigenvalue weighted by Crippen LogP contribution is -2.35. The van der Waals surface area contributed by atoms with Gasteiger partial charge in [-0.3, -0.25) is 0 Å². The van der Waals surface area contributed by atoms with E-state index in [4.69, 9.17) is 4.74 Å². The van der Waals surface area contributed by atoms with Crippen LogP contribution in [0.3, 0.4) is 0 Å². The van der Waals surface area contributed by atoms with Gasteiger partial charge in [0.1, 0.15) is 0 Å². The Hall–Kier alpha value is -1.30. The zero-order valence-electron chi connectivity index (χ0n) is 12.0. The van der Waals surface area contributed by atoms with Crippen LogP contribution in [0.25, 0.3) is 0 Å². The topological polar surface area (TPSA) is 34.1 Å². The molecule has 3 nitrogen and oxygen atoms in total. The van der Waals surface area contributed by atoms with E-state index in [0.717, 1.165) is 5.56 Å². The van der Waals surface area contributed by atoms with Gasteiger partial charge >= 0.3 is 6.18 Å². The Balaban J connectivity index is 2.32. The summed E-state index contributed by atoms with van der Waals surface area (Å²) >= 11 is 0. The van der Waals surface area contributed by atoms with Crippen molar-refractivity contribution in [2.24, 2.45) is 0 Å². The summed E-state index contributed by atoms with van der Waals surface area (Å²) in [5.74, 6) is 0.353. The first-order chi connectivity index (χ1) is 9.16. The fourth-order valence-corrected chi connectivity index (χ4v) is 1.42. The Bertz CT molecular complexity index is 396. The zero-order chi connectivity index (χ0) is 15.2. The van der Waals surface area contributed by atoms with Gasteiger partial charge in [0.15, 0.2) is 0 Å². The van der Waals surface area contributed by atoms with Crippen LogP contribution in [0.2, 0.25) is 0 Å². The van der Waals surface area contributed by atoms with Crippen molar-refractivity contribution in [3.8, 4) is 5.88 Å². The van der Waals surface area contributed by atoms with Crippen LogP contribution >= 0.6 is 0 Å². The first kappa shape index (κ1) is 16.8. The number of alkyl halides is 3. The molecule has 0 radical (unpaired) electrons. The smallest absolute Gasteiger partial charge is 0.389 e. The number of nitrogens with zero attached hydrogens (tertiary/aromatic N) is 1. The van der Waals surface area contributed by atoms with Crippen molar-refractivity contribution in [3.05, 3.63) is 23.9 Å². The molecule has 0 unspecified atom stereocenters. The van der Waals surface area contributed by atoms with E-state index in [0.29, 0.717) is 12.4 Å². The van der Waals surface area contributed by atoms with Crippen molar-refractivity contribution in [2.45, 2.75) is 51.9 Å². The summed E-state index contributed by atoms with van der Waals surface area (Å²) in [7, 11) is 0. The summed E-state index contributed by atoms with van der Waals surface area (Å²) in [6.45, 7) is 6.91. The number of rotatable bonds is 6. The molecule has 0 amide bonds. The van der Waals surface area contributed by atoms with Gasteiger partial charge in [0.25, 0.3) is 0 Å². The summed E-state index contributed by atoms with van der Waals surface area (Å²) in [4.78, 5) is 4.07. The molecule has 0 atom stereocenters. The van der Waals surface area contributed by atoms with Crippen LogP contribution in [0, 0.1) is 0 Å². The van der Waals surface area contributed by atoms with E-state index in [1.54, 1.807) is 12.3 Å². The molecule has 0 saturated heterocycles. The van der Waals surface area contributed by atoms with Crippen LogP contribution in [0.4, 0.5) is 13.2 Å². The zero-order valence-corrected chi connectivity index (χ0v) is 12.0. The maximum absolute atomic E-state index is 11.9. The number of hydrogen-bond donors (Lipinski definition) is 1. The summed E-state index contributed by atoms with van der Waals surface area (Å²) in [5.41, 5.74) is 1.02. The molecule has 1 aromatic heterocycles. The Morgan fingerprint density at radius 2 is 1.90 bits per heavy atom. The number of ether oxygens (including phenoxy) is 1. The van der Waals surface area contributed by atoms with Gasteiger partial charge in [-0.15, -0.1) is 0 Å². The average Bonchev–Trinajstić information content (AvgIpc) is 2.31. The molecule has 1 heterocycles. The molecule has 0 fully saturated rings. The van der Waals surface area contributed by atoms with E-state index in [-0.39, 0.29) is 18.6 Å². The molecular weight excluding hydrogens is 269 g/mol. The third-order valence-corrected chi connectivity index (χ3v) is 2.47. The van der Waals surface area contributed by atoms with Crippen molar-refractivity contribution < 1.29 is 17.9 Å². The van der Waals surface area contributed by atoms with Crippen molar-refractivity contribution in [1.29, 1.82) is 0 Å². The van der Waals surface area contributed by atoms with Gasteiger partial charge in [-0.2, -0.15) is 13.2 Å². The molecule has 114 valence electrons. The number of nitrogens with one attached hydrogen (secondary N) is 1. The van der Waals surface area contributed by atoms with E-state index in [2.05, 4.69) is 31.1 Å². The number of halogens is 3. The second kappa shape index (κ2) is 6.92. The Kier molecular flexibility index (Phi) is 5.80. The maximum atomic E-state index is 11.9. The summed E-state index contributed by atoms with van der Waals surface area (Å²) in [5, 5.41) is 3.32. The molecule has 0 aliphatic rings. The van der Waals surface area contributed by atoms with Crippen LogP contribution in [-0.2, 0) is 6.54 Å². The molecule has 1 N–H and O–H groups in total. The van der Waals surface area contributed by atoms with Crippen molar-refractivity contribution in [2.75, 3.05) is 6.61 Å². The summed E-state index contributed by atoms with van der Waals surface area (Å²) < 4.78 is 41.0. The van der Waals surface area contributed by atoms with Crippen molar-refractivity contribution in [3.63, 3.8) is 0 Å². The molecule has 0 spiro atoms. The molecule has 0 aliphatic carbocycles. The van der Waals surface area contributed by atoms with Crippen LogP contribution < -0.4 is 10.1 Å². The fraction of sp³-hybridized carbons (Fsp3) is 0.643. The minimum Gasteiger partial charge on any atom is -0.478 e. The molecule has 0 bridgehead atoms. The molecule has 6 heteroatoms. The number of hydrogen-bond acceptors (Lipinski definition) is 3. The minimum atomic E-state index is -4.13. The third kappa shape index (κ3) is 7.99. The highest BCUT2D eigenvalue weighted by Gasteiger charge is 2.26. The fourth-order valence-electron chi connectivity index (χ4n) is 1.42. The predicted molar refractivity (Wildman–Crippen MR) is 71.6 cm³/mol. The highest BCUT2D eigenvalue weighted by Crippen LogP contribution is 2.21. The van der Waals surface area contributed by atoms with Gasteiger partial charge < -0.3 is 10.1 Å². The van der Waals surface area contributed by atoms with Gasteiger partial charge in [-0.25, -0.2) is 4.98 Å². The normalized spacial score (nSPS) is 12.5. The van der Waals surface area contributed by atoms with Gasteiger partial charge in [0.2, 0.25) is 5.88 Å². The Morgan fingerprint density at radius 1 is 1.20 bits per heavy atom. The number of aromatic nitrogens is 1. The highest BCUT2D eigenvalue weighted by atomic mass is 19.4. The molecule has 1 rings (SSSR count). The summed E-state index contributed by atoms with van der Waals surface area (Å²) in [6, 6.07) is 3.53. The molecule has 0 aliphatic heterocycles. The lowest BCUT2D eigenvalue weighted by Gasteiger charge is -2.20. The average molecular weight is 290 g/mol. The molecule has 20 heavy (non-hydrogen) atoms. The Morgan fingerprint density at radius 3 is 2.40 bits per heavy atom. The lowest BCUT2D eigenvalue weighted by molar-refractivity contribution is -0.136. The largest absolute Gasteiger partial charge is 0.478 e. The first-order valence-electron chi connectivity index (χ1n) is 6.55. The molecular formula is C14H21F3N2O. The SMILES string of the molecule is CC(C)(C)NCc1ccc(OCCCC(F)(F)F)nc1. The third-order valence-electron chi connectivity index (χ3n) is 2.47. The second-order valence-corrected chi connectivity index (χ2v) is 5.68. The van der Waals surface area contributed by atoms with Crippen molar-refractivity contribution >= 4 is 0 Å². The van der Waals surface area contributed by atoms with E-state index >= 15 is 0 Å². The van der Waals surface area contributed by atoms with Gasteiger partial charge in [0.05, 0.1) is 6.61 Å². The Labute approximate surface area is 117 Å². The highest BCUT2D eigenvalue weighted by molar-refractivity contribution is 5.17. The summed E-state index contributed by atoms with van der Waals surface area (Å²) in [6.07, 6.45) is -3.35. The van der Waals surface area contributed by atoms with Crippen molar-refractivity contribution in [1.82, 2.24) is 10.3 Å². The van der Waals surface area contributed by atoms with Crippen LogP contribution in [-0.4, -0.2) is 23.3 Å². The predicted octanol–water partition coefficient (Wildman–Crippen LogP) is 3.69. The van der Waals surface area contributed by atoms with Crippen LogP contribution in [0.5, 0.6) is 5.88 Å². The standard InChI is InChI=1S/C14H21F3N2O/c1-13(2,3)19-10-11-5-6-12(18-9-11)20-8-4-7-14(15,16)17/h5-6,9,19H,4,7-8,10H2,1-3H3. The van der Waals surface area contributed by atoms with E-state index in [1.807, 2.05) is 6.07 Å². The van der Waals surface area contributed by atoms with Crippen LogP contribution in [0.15, 0.2) is 18.3 Å². The van der Waals surface area contributed by atoms with Crippen LogP contribution in [0.1, 0.15) is 39.2 Å². The van der Waals surface area contributed by atoms with E-state index in [9.17, 15) is 13.2 Å². The van der Waals surface area contributed by atoms with Gasteiger partial charge in [-0.1, -0.05) is 6.07 Å². The second-order valence-electron chi connectivity index (χ2n) is 5.68.